The molecule has 1 aromatic heterocycles. The van der Waals surface area contributed by atoms with Gasteiger partial charge in [-0.1, -0.05) is 30.0 Å². The van der Waals surface area contributed by atoms with Gasteiger partial charge in [0, 0.05) is 31.8 Å². The van der Waals surface area contributed by atoms with Crippen LogP contribution in [0, 0.1) is 0 Å². The van der Waals surface area contributed by atoms with Crippen LogP contribution < -0.4 is 10.1 Å². The van der Waals surface area contributed by atoms with Crippen LogP contribution in [-0.2, 0) is 16.1 Å². The maximum atomic E-state index is 12.7. The summed E-state index contributed by atoms with van der Waals surface area (Å²) in [6.45, 7) is 0.886. The van der Waals surface area contributed by atoms with Crippen molar-refractivity contribution in [1.29, 1.82) is 0 Å². The lowest BCUT2D eigenvalue weighted by Crippen LogP contribution is -2.38. The van der Waals surface area contributed by atoms with Gasteiger partial charge in [-0.15, -0.1) is 0 Å². The Hall–Kier alpha value is -2.87. The van der Waals surface area contributed by atoms with Gasteiger partial charge in [-0.05, 0) is 37.5 Å². The van der Waals surface area contributed by atoms with Gasteiger partial charge in [0.05, 0.1) is 17.8 Å². The van der Waals surface area contributed by atoms with E-state index in [4.69, 9.17) is 14.3 Å². The molecule has 1 amide bonds. The maximum absolute atomic E-state index is 12.7. The number of nitrogens with one attached hydrogen (secondary N) is 1. The van der Waals surface area contributed by atoms with E-state index in [1.165, 1.54) is 11.8 Å². The summed E-state index contributed by atoms with van der Waals surface area (Å²) < 4.78 is 11.3. The largest absolute Gasteiger partial charge is 0.493 e. The minimum absolute atomic E-state index is 0.0798. The van der Waals surface area contributed by atoms with Gasteiger partial charge >= 0.3 is 5.97 Å². The molecule has 3 rings (SSSR count). The number of hydrogen-bond donors (Lipinski definition) is 2. The number of carbonyl (C=O) groups excluding carboxylic acids is 1. The number of benzene rings is 1. The van der Waals surface area contributed by atoms with Crippen molar-refractivity contribution in [3.8, 4) is 5.75 Å². The van der Waals surface area contributed by atoms with Crippen LogP contribution in [0.2, 0.25) is 0 Å². The summed E-state index contributed by atoms with van der Waals surface area (Å²) >= 11 is 1.46. The van der Waals surface area contributed by atoms with Crippen molar-refractivity contribution in [2.75, 3.05) is 13.7 Å². The van der Waals surface area contributed by atoms with Crippen molar-refractivity contribution in [2.24, 2.45) is 0 Å². The van der Waals surface area contributed by atoms with Crippen LogP contribution in [0.5, 0.6) is 5.75 Å². The third kappa shape index (κ3) is 6.06. The summed E-state index contributed by atoms with van der Waals surface area (Å²) in [7, 11) is 1.87. The van der Waals surface area contributed by atoms with E-state index in [1.807, 2.05) is 54.5 Å². The van der Waals surface area contributed by atoms with E-state index in [0.29, 0.717) is 19.6 Å². The van der Waals surface area contributed by atoms with Gasteiger partial charge in [0.25, 0.3) is 5.91 Å². The number of likely N-dealkylation sites (N-methyl/N-ethyl adjacent to an activating group) is 1. The summed E-state index contributed by atoms with van der Waals surface area (Å²) in [4.78, 5) is 26.1. The molecule has 0 saturated carbocycles. The summed E-state index contributed by atoms with van der Waals surface area (Å²) in [6.07, 6.45) is 5.96. The SMILES string of the molecule is CN1C=C(c2ccco2)SC1C(=O)NCc1ccccc1OCCCCCC(=O)O. The first-order valence-corrected chi connectivity index (χ1v) is 10.8. The smallest absolute Gasteiger partial charge is 0.303 e. The van der Waals surface area contributed by atoms with Gasteiger partial charge in [0.2, 0.25) is 0 Å². The minimum Gasteiger partial charge on any atom is -0.493 e. The third-order valence-corrected chi connectivity index (χ3v) is 5.97. The maximum Gasteiger partial charge on any atom is 0.303 e. The number of para-hydroxylation sites is 1. The van der Waals surface area contributed by atoms with Crippen LogP contribution in [-0.4, -0.2) is 40.9 Å². The predicted molar refractivity (Wildman–Crippen MR) is 116 cm³/mol. The number of hydrogen-bond acceptors (Lipinski definition) is 6. The van der Waals surface area contributed by atoms with E-state index in [1.54, 1.807) is 6.26 Å². The third-order valence-electron chi connectivity index (χ3n) is 4.64. The van der Waals surface area contributed by atoms with E-state index in [0.717, 1.165) is 34.8 Å². The number of thioether (sulfide) groups is 1. The lowest BCUT2D eigenvalue weighted by Gasteiger charge is -2.19. The summed E-state index contributed by atoms with van der Waals surface area (Å²) in [5, 5.41) is 11.3. The number of carbonyl (C=O) groups is 2. The van der Waals surface area contributed by atoms with Crippen molar-refractivity contribution in [3.63, 3.8) is 0 Å². The summed E-state index contributed by atoms with van der Waals surface area (Å²) in [6, 6.07) is 11.3. The van der Waals surface area contributed by atoms with Crippen LogP contribution in [0.3, 0.4) is 0 Å². The number of carboxylic acids is 1. The van der Waals surface area contributed by atoms with E-state index < -0.39 is 5.97 Å². The van der Waals surface area contributed by atoms with Crippen LogP contribution in [0.15, 0.2) is 53.3 Å². The molecule has 1 aromatic carbocycles. The fourth-order valence-corrected chi connectivity index (χ4v) is 4.18. The number of unbranched alkanes of at least 4 members (excludes halogenated alkanes) is 2. The number of rotatable bonds is 11. The normalized spacial score (nSPS) is 15.7. The van der Waals surface area contributed by atoms with E-state index in [2.05, 4.69) is 5.32 Å². The zero-order valence-electron chi connectivity index (χ0n) is 16.9. The molecule has 0 bridgehead atoms. The molecule has 0 radical (unpaired) electrons. The molecule has 160 valence electrons. The number of amides is 1. The fraction of sp³-hybridized carbons (Fsp3) is 0.364. The van der Waals surface area contributed by atoms with Gasteiger partial charge in [-0.2, -0.15) is 0 Å². The first-order chi connectivity index (χ1) is 14.5. The zero-order chi connectivity index (χ0) is 21.3. The monoisotopic (exact) mass is 430 g/mol. The first kappa shape index (κ1) is 21.8. The Morgan fingerprint density at radius 3 is 2.80 bits per heavy atom. The molecule has 2 N–H and O–H groups in total. The van der Waals surface area contributed by atoms with Crippen molar-refractivity contribution in [3.05, 3.63) is 60.2 Å². The molecular weight excluding hydrogens is 404 g/mol. The lowest BCUT2D eigenvalue weighted by atomic mass is 10.2. The molecule has 0 saturated heterocycles. The Balaban J connectivity index is 1.46. The molecule has 1 unspecified atom stereocenters. The molecule has 30 heavy (non-hydrogen) atoms. The lowest BCUT2D eigenvalue weighted by molar-refractivity contribution is -0.137. The van der Waals surface area contributed by atoms with Gasteiger partial charge < -0.3 is 24.5 Å². The molecule has 0 fully saturated rings. The minimum atomic E-state index is -0.769. The van der Waals surface area contributed by atoms with Crippen molar-refractivity contribution in [2.45, 2.75) is 37.6 Å². The van der Waals surface area contributed by atoms with E-state index >= 15 is 0 Å². The number of ether oxygens (including phenoxy) is 1. The molecule has 0 spiro atoms. The van der Waals surface area contributed by atoms with Crippen LogP contribution in [0.25, 0.3) is 4.91 Å². The fourth-order valence-electron chi connectivity index (χ4n) is 3.06. The van der Waals surface area contributed by atoms with E-state index in [9.17, 15) is 9.59 Å². The first-order valence-electron chi connectivity index (χ1n) is 9.89. The van der Waals surface area contributed by atoms with Crippen LogP contribution in [0.1, 0.15) is 37.0 Å². The second-order valence-corrected chi connectivity index (χ2v) is 8.11. The molecule has 0 aliphatic carbocycles. The quantitative estimate of drug-likeness (QED) is 0.522. The molecule has 1 aliphatic rings. The van der Waals surface area contributed by atoms with Crippen LogP contribution >= 0.6 is 11.8 Å². The highest BCUT2D eigenvalue weighted by Crippen LogP contribution is 2.38. The van der Waals surface area contributed by atoms with Gasteiger partial charge in [-0.25, -0.2) is 0 Å². The Labute approximate surface area is 180 Å². The van der Waals surface area contributed by atoms with Crippen LogP contribution in [0.4, 0.5) is 0 Å². The van der Waals surface area contributed by atoms with Crippen molar-refractivity contribution >= 4 is 28.5 Å². The number of aliphatic carboxylic acids is 1. The van der Waals surface area contributed by atoms with Crippen molar-refractivity contribution < 1.29 is 23.8 Å². The Bertz CT molecular complexity index is 881. The van der Waals surface area contributed by atoms with Gasteiger partial charge in [0.15, 0.2) is 5.37 Å². The highest BCUT2D eigenvalue weighted by atomic mass is 32.2. The molecular formula is C22H26N2O5S. The number of furan rings is 1. The predicted octanol–water partition coefficient (Wildman–Crippen LogP) is 3.92. The number of nitrogens with zero attached hydrogens (tertiary/aromatic N) is 1. The number of carboxylic acid groups (broad SMARTS) is 1. The van der Waals surface area contributed by atoms with Gasteiger partial charge in [0.1, 0.15) is 11.5 Å². The topological polar surface area (TPSA) is 92.0 Å². The highest BCUT2D eigenvalue weighted by molar-refractivity contribution is 8.09. The Kier molecular flexibility index (Phi) is 7.84. The summed E-state index contributed by atoms with van der Waals surface area (Å²) in [5.41, 5.74) is 0.904. The molecule has 7 nitrogen and oxygen atoms in total. The second kappa shape index (κ2) is 10.8. The standard InChI is InChI=1S/C22H26N2O5S/c1-24-15-19(18-10-7-13-29-18)30-22(24)21(27)23-14-16-8-4-5-9-17(16)28-12-6-2-3-11-20(25)26/h4-5,7-10,13,15,22H,2-3,6,11-12,14H2,1H3,(H,23,27)(H,25,26). The van der Waals surface area contributed by atoms with E-state index in [-0.39, 0.29) is 17.7 Å². The average Bonchev–Trinajstić information content (AvgIpc) is 3.39. The average molecular weight is 431 g/mol. The molecule has 8 heteroatoms. The highest BCUT2D eigenvalue weighted by Gasteiger charge is 2.30. The van der Waals surface area contributed by atoms with Gasteiger partial charge in [-0.3, -0.25) is 9.59 Å². The molecule has 1 aliphatic heterocycles. The zero-order valence-corrected chi connectivity index (χ0v) is 17.7. The molecule has 1 atom stereocenters. The molecule has 2 aromatic rings. The summed E-state index contributed by atoms with van der Waals surface area (Å²) in [5.74, 6) is 0.639. The van der Waals surface area contributed by atoms with Crippen molar-refractivity contribution in [1.82, 2.24) is 10.2 Å². The Morgan fingerprint density at radius 2 is 2.03 bits per heavy atom. The molecule has 2 heterocycles. The Morgan fingerprint density at radius 1 is 1.20 bits per heavy atom. The second-order valence-electron chi connectivity index (χ2n) is 6.98.